The Morgan fingerprint density at radius 2 is 1.82 bits per heavy atom. The van der Waals surface area contributed by atoms with E-state index in [2.05, 4.69) is 69.8 Å². The van der Waals surface area contributed by atoms with E-state index in [9.17, 15) is 0 Å². The molecule has 0 unspecified atom stereocenters. The average molecular weight is 224 g/mol. The van der Waals surface area contributed by atoms with E-state index >= 15 is 0 Å². The summed E-state index contributed by atoms with van der Waals surface area (Å²) < 4.78 is 0. The second kappa shape index (κ2) is 6.70. The monoisotopic (exact) mass is 224 g/mol. The van der Waals surface area contributed by atoms with E-state index in [-0.39, 0.29) is 0 Å². The van der Waals surface area contributed by atoms with Crippen molar-refractivity contribution in [3.63, 3.8) is 0 Å². The summed E-state index contributed by atoms with van der Waals surface area (Å²) in [5.74, 6) is 0. The smallest absolute Gasteiger partial charge is 0.0155 e. The van der Waals surface area contributed by atoms with Crippen LogP contribution in [0, 0.1) is 0 Å². The molecule has 0 atom stereocenters. The highest BCUT2D eigenvalue weighted by molar-refractivity contribution is 5.56. The molecule has 0 aliphatic heterocycles. The van der Waals surface area contributed by atoms with E-state index in [1.54, 1.807) is 6.08 Å². The number of allylic oxidation sites excluding steroid dienone is 5. The average Bonchev–Trinajstić information content (AvgIpc) is 2.33. The summed E-state index contributed by atoms with van der Waals surface area (Å²) in [5, 5.41) is 2.52. The van der Waals surface area contributed by atoms with Crippen molar-refractivity contribution in [2.75, 3.05) is 0 Å². The van der Waals surface area contributed by atoms with E-state index in [4.69, 9.17) is 0 Å². The van der Waals surface area contributed by atoms with Crippen LogP contribution in [0.4, 0.5) is 0 Å². The molecule has 0 aliphatic carbocycles. The van der Waals surface area contributed by atoms with E-state index < -0.39 is 0 Å². The highest BCUT2D eigenvalue weighted by Gasteiger charge is 1.87. The first-order valence-corrected chi connectivity index (χ1v) is 5.85. The molecule has 0 saturated heterocycles. The molecule has 1 rings (SSSR count). The minimum atomic E-state index is 1.25. The van der Waals surface area contributed by atoms with Gasteiger partial charge in [-0.2, -0.15) is 0 Å². The van der Waals surface area contributed by atoms with Gasteiger partial charge in [-0.3, -0.25) is 0 Å². The standard InChI is InChI=1S/C17H20/c1-5-6-9-15(4)17-11-8-7-10-16(17)13-12-14(2)3/h5-13H,1H2,2-4H3/b9-6-,16-13-,17-15+. The normalized spacial score (nSPS) is 13.7. The zero-order chi connectivity index (χ0) is 12.7. The summed E-state index contributed by atoms with van der Waals surface area (Å²) in [4.78, 5) is 0. The number of rotatable bonds is 3. The number of hydrogen-bond acceptors (Lipinski definition) is 0. The Kier molecular flexibility index (Phi) is 5.22. The van der Waals surface area contributed by atoms with Crippen LogP contribution in [0.15, 0.2) is 60.7 Å². The summed E-state index contributed by atoms with van der Waals surface area (Å²) in [6.45, 7) is 10.0. The van der Waals surface area contributed by atoms with E-state index in [0.717, 1.165) is 0 Å². The van der Waals surface area contributed by atoms with Crippen molar-refractivity contribution in [2.45, 2.75) is 20.8 Å². The van der Waals surface area contributed by atoms with Crippen LogP contribution in [-0.4, -0.2) is 0 Å². The predicted octanol–water partition coefficient (Wildman–Crippen LogP) is 3.35. The molecular weight excluding hydrogens is 204 g/mol. The Morgan fingerprint density at radius 3 is 2.47 bits per heavy atom. The van der Waals surface area contributed by atoms with Gasteiger partial charge in [0.15, 0.2) is 0 Å². The SMILES string of the molecule is C=C\C=C/C(C)=c1\cccc\c1=C\C=C(C)C. The minimum absolute atomic E-state index is 1.25. The Bertz CT molecular complexity index is 550. The quantitative estimate of drug-likeness (QED) is 0.691. The number of hydrogen-bond donors (Lipinski definition) is 0. The summed E-state index contributed by atoms with van der Waals surface area (Å²) in [6, 6.07) is 8.42. The first kappa shape index (κ1) is 13.2. The van der Waals surface area contributed by atoms with Crippen molar-refractivity contribution >= 4 is 11.6 Å². The maximum Gasteiger partial charge on any atom is -0.0155 e. The molecule has 0 aliphatic rings. The van der Waals surface area contributed by atoms with Crippen molar-refractivity contribution in [1.82, 2.24) is 0 Å². The molecular formula is C17H20. The molecule has 1 aromatic carbocycles. The zero-order valence-electron chi connectivity index (χ0n) is 10.9. The lowest BCUT2D eigenvalue weighted by Crippen LogP contribution is -2.25. The lowest BCUT2D eigenvalue weighted by Gasteiger charge is -1.95. The fraction of sp³-hybridized carbons (Fsp3) is 0.176. The van der Waals surface area contributed by atoms with Gasteiger partial charge in [-0.05, 0) is 36.8 Å². The van der Waals surface area contributed by atoms with E-state index in [0.29, 0.717) is 0 Å². The van der Waals surface area contributed by atoms with Crippen LogP contribution in [0.25, 0.3) is 11.6 Å². The van der Waals surface area contributed by atoms with Crippen LogP contribution >= 0.6 is 0 Å². The Labute approximate surface area is 104 Å². The maximum atomic E-state index is 3.69. The minimum Gasteiger partial charge on any atom is -0.0991 e. The van der Waals surface area contributed by atoms with Crippen LogP contribution in [-0.2, 0) is 0 Å². The third kappa shape index (κ3) is 4.28. The molecule has 88 valence electrons. The van der Waals surface area contributed by atoms with Crippen molar-refractivity contribution in [3.8, 4) is 0 Å². The third-order valence-corrected chi connectivity index (χ3v) is 2.46. The summed E-state index contributed by atoms with van der Waals surface area (Å²) in [7, 11) is 0. The number of benzene rings is 1. The predicted molar refractivity (Wildman–Crippen MR) is 78.0 cm³/mol. The van der Waals surface area contributed by atoms with Gasteiger partial charge in [-0.1, -0.05) is 66.8 Å². The van der Waals surface area contributed by atoms with Gasteiger partial charge < -0.3 is 0 Å². The van der Waals surface area contributed by atoms with Gasteiger partial charge in [0, 0.05) is 0 Å². The first-order valence-electron chi connectivity index (χ1n) is 5.85. The van der Waals surface area contributed by atoms with Gasteiger partial charge in [0.25, 0.3) is 0 Å². The molecule has 0 saturated carbocycles. The van der Waals surface area contributed by atoms with Crippen LogP contribution in [0.1, 0.15) is 20.8 Å². The first-order chi connectivity index (χ1) is 8.15. The zero-order valence-corrected chi connectivity index (χ0v) is 10.9. The van der Waals surface area contributed by atoms with Gasteiger partial charge in [-0.25, -0.2) is 0 Å². The van der Waals surface area contributed by atoms with Crippen LogP contribution in [0.5, 0.6) is 0 Å². The van der Waals surface area contributed by atoms with Crippen molar-refractivity contribution in [2.24, 2.45) is 0 Å². The van der Waals surface area contributed by atoms with Gasteiger partial charge >= 0.3 is 0 Å². The largest absolute Gasteiger partial charge is 0.0991 e. The fourth-order valence-electron chi connectivity index (χ4n) is 1.56. The van der Waals surface area contributed by atoms with Crippen LogP contribution in [0.3, 0.4) is 0 Å². The molecule has 0 nitrogen and oxygen atoms in total. The molecule has 0 fully saturated rings. The molecule has 0 heterocycles. The molecule has 0 radical (unpaired) electrons. The van der Waals surface area contributed by atoms with Gasteiger partial charge in [0.1, 0.15) is 0 Å². The van der Waals surface area contributed by atoms with Crippen molar-refractivity contribution in [1.29, 1.82) is 0 Å². The van der Waals surface area contributed by atoms with Gasteiger partial charge in [-0.15, -0.1) is 0 Å². The second-order valence-corrected chi connectivity index (χ2v) is 4.28. The highest BCUT2D eigenvalue weighted by atomic mass is 13.9. The Hall–Kier alpha value is -1.82. The van der Waals surface area contributed by atoms with Crippen LogP contribution in [0.2, 0.25) is 0 Å². The van der Waals surface area contributed by atoms with Gasteiger partial charge in [0.2, 0.25) is 0 Å². The third-order valence-electron chi connectivity index (χ3n) is 2.46. The lowest BCUT2D eigenvalue weighted by atomic mass is 10.1. The summed E-state index contributed by atoms with van der Waals surface area (Å²) in [6.07, 6.45) is 10.2. The van der Waals surface area contributed by atoms with Crippen molar-refractivity contribution in [3.05, 3.63) is 71.2 Å². The molecule has 17 heavy (non-hydrogen) atoms. The topological polar surface area (TPSA) is 0 Å². The van der Waals surface area contributed by atoms with Gasteiger partial charge in [0.05, 0.1) is 0 Å². The van der Waals surface area contributed by atoms with E-state index in [1.807, 2.05) is 6.08 Å². The molecule has 0 aromatic heterocycles. The Morgan fingerprint density at radius 1 is 1.12 bits per heavy atom. The van der Waals surface area contributed by atoms with E-state index in [1.165, 1.54) is 21.6 Å². The lowest BCUT2D eigenvalue weighted by molar-refractivity contribution is 1.40. The molecule has 0 amide bonds. The van der Waals surface area contributed by atoms with Crippen LogP contribution < -0.4 is 10.4 Å². The summed E-state index contributed by atoms with van der Waals surface area (Å²) >= 11 is 0. The molecule has 0 spiro atoms. The van der Waals surface area contributed by atoms with Crippen molar-refractivity contribution < 1.29 is 0 Å². The summed E-state index contributed by atoms with van der Waals surface area (Å²) in [5.41, 5.74) is 2.55. The maximum absolute atomic E-state index is 3.69. The molecule has 0 bridgehead atoms. The highest BCUT2D eigenvalue weighted by Crippen LogP contribution is 1.92. The molecule has 1 aromatic rings. The second-order valence-electron chi connectivity index (χ2n) is 4.28. The Balaban J connectivity index is 3.45. The fourth-order valence-corrected chi connectivity index (χ4v) is 1.56. The molecule has 0 heteroatoms. The molecule has 0 N–H and O–H groups in total.